The quantitative estimate of drug-likeness (QED) is 0.715. The first-order valence-corrected chi connectivity index (χ1v) is 9.12. The number of aliphatic hydroxyl groups is 1. The van der Waals surface area contributed by atoms with Crippen LogP contribution in [0.2, 0.25) is 0 Å². The standard InChI is InChI=1S/C21H23N3O4/c1-11(25)12-8-14(15-10-23(4)19(26)17-13(15)6-7-22-17)18-16(9-12)24(5)20(27)21(2,3)28-18/h6-11,22,25H,1-5H3. The molecule has 7 nitrogen and oxygen atoms in total. The van der Waals surface area contributed by atoms with E-state index in [-0.39, 0.29) is 11.5 Å². The first-order chi connectivity index (χ1) is 13.1. The van der Waals surface area contributed by atoms with Gasteiger partial charge in [-0.3, -0.25) is 9.59 Å². The number of fused-ring (bicyclic) bond motifs is 2. The van der Waals surface area contributed by atoms with E-state index in [9.17, 15) is 14.7 Å². The number of pyridine rings is 1. The van der Waals surface area contributed by atoms with Crippen LogP contribution in [0, 0.1) is 0 Å². The molecule has 3 heterocycles. The number of rotatable bonds is 2. The topological polar surface area (TPSA) is 87.6 Å². The highest BCUT2D eigenvalue weighted by atomic mass is 16.5. The number of nitrogens with one attached hydrogen (secondary N) is 1. The molecule has 1 aliphatic rings. The van der Waals surface area contributed by atoms with E-state index in [0.717, 1.165) is 16.5 Å². The van der Waals surface area contributed by atoms with Crippen molar-refractivity contribution in [2.24, 2.45) is 7.05 Å². The van der Waals surface area contributed by atoms with E-state index in [4.69, 9.17) is 4.74 Å². The number of aromatic amines is 1. The van der Waals surface area contributed by atoms with Crippen LogP contribution in [0.25, 0.3) is 22.0 Å². The fourth-order valence-electron chi connectivity index (χ4n) is 3.73. The van der Waals surface area contributed by atoms with Crippen molar-refractivity contribution in [1.29, 1.82) is 0 Å². The summed E-state index contributed by atoms with van der Waals surface area (Å²) in [6.07, 6.45) is 2.75. The van der Waals surface area contributed by atoms with Crippen molar-refractivity contribution in [1.82, 2.24) is 9.55 Å². The first kappa shape index (κ1) is 18.3. The summed E-state index contributed by atoms with van der Waals surface area (Å²) >= 11 is 0. The SMILES string of the molecule is CC(O)c1cc(-c2cn(C)c(=O)c3[nH]ccc23)c2c(c1)N(C)C(=O)C(C)(C)O2. The van der Waals surface area contributed by atoms with E-state index in [1.54, 1.807) is 58.2 Å². The molecule has 1 aliphatic heterocycles. The van der Waals surface area contributed by atoms with Crippen molar-refractivity contribution in [3.8, 4) is 16.9 Å². The number of carbonyl (C=O) groups excluding carboxylic acids is 1. The fraction of sp³-hybridized carbons (Fsp3) is 0.333. The molecule has 1 amide bonds. The highest BCUT2D eigenvalue weighted by molar-refractivity contribution is 6.05. The predicted octanol–water partition coefficient (Wildman–Crippen LogP) is 2.72. The Morgan fingerprint density at radius 1 is 1.18 bits per heavy atom. The van der Waals surface area contributed by atoms with Gasteiger partial charge in [0.05, 0.1) is 11.8 Å². The molecule has 0 fully saturated rings. The van der Waals surface area contributed by atoms with Gasteiger partial charge in [0.1, 0.15) is 5.52 Å². The largest absolute Gasteiger partial charge is 0.475 e. The monoisotopic (exact) mass is 381 g/mol. The number of amides is 1. The fourth-order valence-corrected chi connectivity index (χ4v) is 3.73. The number of hydrogen-bond acceptors (Lipinski definition) is 4. The van der Waals surface area contributed by atoms with Crippen LogP contribution in [0.15, 0.2) is 35.4 Å². The number of aryl methyl sites for hydroxylation is 1. The van der Waals surface area contributed by atoms with Crippen LogP contribution in [0.5, 0.6) is 5.75 Å². The smallest absolute Gasteiger partial charge is 0.274 e. The Morgan fingerprint density at radius 3 is 2.57 bits per heavy atom. The molecule has 0 saturated carbocycles. The number of likely N-dealkylation sites (N-methyl/N-ethyl adjacent to an activating group) is 1. The van der Waals surface area contributed by atoms with Crippen LogP contribution in [-0.4, -0.2) is 33.2 Å². The average Bonchev–Trinajstić information content (AvgIpc) is 3.12. The zero-order valence-corrected chi connectivity index (χ0v) is 16.5. The summed E-state index contributed by atoms with van der Waals surface area (Å²) in [4.78, 5) is 29.7. The van der Waals surface area contributed by atoms with Crippen molar-refractivity contribution in [3.05, 3.63) is 46.5 Å². The van der Waals surface area contributed by atoms with Crippen molar-refractivity contribution in [3.63, 3.8) is 0 Å². The van der Waals surface area contributed by atoms with Gasteiger partial charge in [-0.05, 0) is 44.5 Å². The Morgan fingerprint density at radius 2 is 1.89 bits per heavy atom. The maximum atomic E-state index is 12.7. The minimum atomic E-state index is -1.03. The van der Waals surface area contributed by atoms with Crippen LogP contribution < -0.4 is 15.2 Å². The molecule has 2 N–H and O–H groups in total. The normalized spacial score (nSPS) is 16.8. The van der Waals surface area contributed by atoms with Gasteiger partial charge in [0.2, 0.25) is 0 Å². The van der Waals surface area contributed by atoms with Gasteiger partial charge >= 0.3 is 0 Å². The van der Waals surface area contributed by atoms with E-state index >= 15 is 0 Å². The third-order valence-corrected chi connectivity index (χ3v) is 5.30. The lowest BCUT2D eigenvalue weighted by Gasteiger charge is -2.38. The molecule has 0 spiro atoms. The summed E-state index contributed by atoms with van der Waals surface area (Å²) in [5.41, 5.74) is 2.11. The summed E-state index contributed by atoms with van der Waals surface area (Å²) in [6, 6.07) is 5.47. The van der Waals surface area contributed by atoms with Crippen LogP contribution in [0.1, 0.15) is 32.4 Å². The van der Waals surface area contributed by atoms with Crippen molar-refractivity contribution < 1.29 is 14.6 Å². The van der Waals surface area contributed by atoms with E-state index in [1.807, 2.05) is 12.1 Å². The number of aromatic nitrogens is 2. The maximum Gasteiger partial charge on any atom is 0.274 e. The van der Waals surface area contributed by atoms with Crippen molar-refractivity contribution in [2.75, 3.05) is 11.9 Å². The van der Waals surface area contributed by atoms with E-state index in [2.05, 4.69) is 4.98 Å². The van der Waals surface area contributed by atoms with Gasteiger partial charge in [-0.1, -0.05) is 0 Å². The molecule has 1 unspecified atom stereocenters. The molecule has 0 bridgehead atoms. The number of H-pyrrole nitrogens is 1. The molecule has 4 rings (SSSR count). The highest BCUT2D eigenvalue weighted by Crippen LogP contribution is 2.46. The number of aliphatic hydroxyl groups excluding tert-OH is 1. The second kappa shape index (κ2) is 5.97. The predicted molar refractivity (Wildman–Crippen MR) is 108 cm³/mol. The molecule has 7 heteroatoms. The molecule has 2 aromatic heterocycles. The maximum absolute atomic E-state index is 12.7. The lowest BCUT2D eigenvalue weighted by Crippen LogP contribution is -2.51. The zero-order chi connectivity index (χ0) is 20.4. The summed E-state index contributed by atoms with van der Waals surface area (Å²) in [6.45, 7) is 5.13. The number of benzene rings is 1. The molecule has 0 radical (unpaired) electrons. The third kappa shape index (κ3) is 2.54. The van der Waals surface area contributed by atoms with Crippen LogP contribution in [0.3, 0.4) is 0 Å². The summed E-state index contributed by atoms with van der Waals surface area (Å²) in [5, 5.41) is 11.0. The van der Waals surface area contributed by atoms with Crippen LogP contribution in [-0.2, 0) is 11.8 Å². The highest BCUT2D eigenvalue weighted by Gasteiger charge is 2.41. The Hall–Kier alpha value is -3.06. The van der Waals surface area contributed by atoms with E-state index in [0.29, 0.717) is 22.5 Å². The molecule has 1 aromatic carbocycles. The van der Waals surface area contributed by atoms with Crippen molar-refractivity contribution >= 4 is 22.5 Å². The second-order valence-corrected chi connectivity index (χ2v) is 7.79. The molecule has 1 atom stereocenters. The van der Waals surface area contributed by atoms with Crippen molar-refractivity contribution in [2.45, 2.75) is 32.5 Å². The van der Waals surface area contributed by atoms with Gasteiger partial charge in [-0.25, -0.2) is 0 Å². The third-order valence-electron chi connectivity index (χ3n) is 5.30. The van der Waals surface area contributed by atoms with Gasteiger partial charge < -0.3 is 24.3 Å². The van der Waals surface area contributed by atoms with E-state index in [1.165, 1.54) is 4.57 Å². The van der Waals surface area contributed by atoms with E-state index < -0.39 is 11.7 Å². The number of anilines is 1. The number of carbonyl (C=O) groups is 1. The minimum absolute atomic E-state index is 0.127. The molecule has 3 aromatic rings. The van der Waals surface area contributed by atoms with Gasteiger partial charge in [-0.15, -0.1) is 0 Å². The minimum Gasteiger partial charge on any atom is -0.475 e. The molecule has 146 valence electrons. The lowest BCUT2D eigenvalue weighted by molar-refractivity contribution is -0.132. The van der Waals surface area contributed by atoms with Crippen LogP contribution >= 0.6 is 0 Å². The van der Waals surface area contributed by atoms with Gasteiger partial charge in [0.25, 0.3) is 11.5 Å². The van der Waals surface area contributed by atoms with Gasteiger partial charge in [0.15, 0.2) is 11.4 Å². The molecular formula is C21H23N3O4. The summed E-state index contributed by atoms with van der Waals surface area (Å²) in [5.74, 6) is 0.388. The Kier molecular flexibility index (Phi) is 3.90. The molecule has 0 aliphatic carbocycles. The lowest BCUT2D eigenvalue weighted by atomic mass is 9.94. The number of nitrogens with zero attached hydrogens (tertiary/aromatic N) is 2. The summed E-state index contributed by atoms with van der Waals surface area (Å²) < 4.78 is 7.66. The molecule has 0 saturated heterocycles. The van der Waals surface area contributed by atoms with Crippen LogP contribution in [0.4, 0.5) is 5.69 Å². The molecule has 28 heavy (non-hydrogen) atoms. The average molecular weight is 381 g/mol. The first-order valence-electron chi connectivity index (χ1n) is 9.12. The van der Waals surface area contributed by atoms with Gasteiger partial charge in [-0.2, -0.15) is 0 Å². The van der Waals surface area contributed by atoms with Gasteiger partial charge in [0, 0.05) is 43.0 Å². The number of ether oxygens (including phenoxy) is 1. The second-order valence-electron chi connectivity index (χ2n) is 7.79. The zero-order valence-electron chi connectivity index (χ0n) is 16.5. The Balaban J connectivity index is 2.10. The number of hydrogen-bond donors (Lipinski definition) is 2. The Labute approximate surface area is 162 Å². The summed E-state index contributed by atoms with van der Waals surface area (Å²) in [7, 11) is 3.39. The molecular weight excluding hydrogens is 358 g/mol. The Bertz CT molecular complexity index is 1170.